The number of nitrogens with zero attached hydrogens (tertiary/aromatic N) is 3. The molecule has 0 bridgehead atoms. The highest BCUT2D eigenvalue weighted by Gasteiger charge is 2.24. The minimum Gasteiger partial charge on any atom is -0.497 e. The summed E-state index contributed by atoms with van der Waals surface area (Å²) < 4.78 is 5.28. The van der Waals surface area contributed by atoms with E-state index in [4.69, 9.17) is 4.74 Å². The van der Waals surface area contributed by atoms with Gasteiger partial charge in [0.15, 0.2) is 0 Å². The van der Waals surface area contributed by atoms with Crippen LogP contribution in [-0.2, 0) is 0 Å². The van der Waals surface area contributed by atoms with Crippen molar-refractivity contribution in [3.63, 3.8) is 0 Å². The Morgan fingerprint density at radius 1 is 0.929 bits per heavy atom. The van der Waals surface area contributed by atoms with Gasteiger partial charge in [-0.3, -0.25) is 4.90 Å². The number of methoxy groups -OCH3 is 1. The SMILES string of the molecule is COc1ccc(C2CCC(CCN3CCN(c4ccccn4)CC3)CC2)cc1. The maximum Gasteiger partial charge on any atom is 0.128 e. The van der Waals surface area contributed by atoms with E-state index < -0.39 is 0 Å². The highest BCUT2D eigenvalue weighted by atomic mass is 16.5. The number of benzene rings is 1. The molecule has 0 unspecified atom stereocenters. The molecular formula is C24H33N3O. The van der Waals surface area contributed by atoms with Gasteiger partial charge in [-0.15, -0.1) is 0 Å². The van der Waals surface area contributed by atoms with Crippen molar-refractivity contribution in [1.29, 1.82) is 0 Å². The average molecular weight is 380 g/mol. The lowest BCUT2D eigenvalue weighted by Crippen LogP contribution is -2.47. The van der Waals surface area contributed by atoms with Gasteiger partial charge >= 0.3 is 0 Å². The standard InChI is InChI=1S/C24H33N3O/c1-28-23-11-9-22(10-12-23)21-7-5-20(6-8-21)13-15-26-16-18-27(19-17-26)24-4-2-3-14-25-24/h2-4,9-12,14,20-21H,5-8,13,15-19H2,1H3. The quantitative estimate of drug-likeness (QED) is 0.735. The van der Waals surface area contributed by atoms with Gasteiger partial charge in [-0.25, -0.2) is 4.98 Å². The lowest BCUT2D eigenvalue weighted by atomic mass is 9.77. The van der Waals surface area contributed by atoms with E-state index in [0.29, 0.717) is 0 Å². The molecular weight excluding hydrogens is 346 g/mol. The highest BCUT2D eigenvalue weighted by molar-refractivity contribution is 5.38. The van der Waals surface area contributed by atoms with Crippen LogP contribution in [-0.4, -0.2) is 49.7 Å². The van der Waals surface area contributed by atoms with E-state index in [1.54, 1.807) is 7.11 Å². The molecule has 0 amide bonds. The normalized spacial score (nSPS) is 23.5. The first-order valence-electron chi connectivity index (χ1n) is 10.8. The van der Waals surface area contributed by atoms with Crippen LogP contribution in [0.4, 0.5) is 5.82 Å². The molecule has 0 spiro atoms. The molecule has 0 radical (unpaired) electrons. The minimum absolute atomic E-state index is 0.740. The number of hydrogen-bond donors (Lipinski definition) is 0. The van der Waals surface area contributed by atoms with Gasteiger partial charge in [-0.1, -0.05) is 18.2 Å². The molecule has 2 aliphatic rings. The van der Waals surface area contributed by atoms with Gasteiger partial charge in [0.25, 0.3) is 0 Å². The van der Waals surface area contributed by atoms with Crippen LogP contribution >= 0.6 is 0 Å². The summed E-state index contributed by atoms with van der Waals surface area (Å²) >= 11 is 0. The summed E-state index contributed by atoms with van der Waals surface area (Å²) in [4.78, 5) is 9.55. The van der Waals surface area contributed by atoms with Gasteiger partial charge in [0.05, 0.1) is 7.11 Å². The van der Waals surface area contributed by atoms with Crippen LogP contribution in [0.5, 0.6) is 5.75 Å². The molecule has 4 heteroatoms. The molecule has 28 heavy (non-hydrogen) atoms. The van der Waals surface area contributed by atoms with Crippen molar-refractivity contribution in [3.8, 4) is 5.75 Å². The molecule has 4 rings (SSSR count). The number of hydrogen-bond acceptors (Lipinski definition) is 4. The lowest BCUT2D eigenvalue weighted by molar-refractivity contribution is 0.216. The first-order valence-corrected chi connectivity index (χ1v) is 10.8. The second-order valence-electron chi connectivity index (χ2n) is 8.30. The summed E-state index contributed by atoms with van der Waals surface area (Å²) in [7, 11) is 1.73. The van der Waals surface area contributed by atoms with Gasteiger partial charge in [0, 0.05) is 32.4 Å². The molecule has 1 aromatic heterocycles. The van der Waals surface area contributed by atoms with Crippen LogP contribution in [0, 0.1) is 5.92 Å². The molecule has 2 heterocycles. The van der Waals surface area contributed by atoms with Crippen LogP contribution in [0.3, 0.4) is 0 Å². The van der Waals surface area contributed by atoms with E-state index in [1.807, 2.05) is 12.3 Å². The van der Waals surface area contributed by atoms with Gasteiger partial charge in [-0.05, 0) is 80.3 Å². The number of ether oxygens (including phenoxy) is 1. The summed E-state index contributed by atoms with van der Waals surface area (Å²) in [5.74, 6) is 3.73. The maximum absolute atomic E-state index is 5.28. The number of rotatable bonds is 6. The maximum atomic E-state index is 5.28. The smallest absolute Gasteiger partial charge is 0.128 e. The molecule has 1 aliphatic carbocycles. The molecule has 2 fully saturated rings. The second-order valence-corrected chi connectivity index (χ2v) is 8.30. The Morgan fingerprint density at radius 2 is 1.68 bits per heavy atom. The van der Waals surface area contributed by atoms with Crippen molar-refractivity contribution in [2.24, 2.45) is 5.92 Å². The van der Waals surface area contributed by atoms with Crippen molar-refractivity contribution in [2.75, 3.05) is 44.7 Å². The van der Waals surface area contributed by atoms with Crippen molar-refractivity contribution < 1.29 is 4.74 Å². The lowest BCUT2D eigenvalue weighted by Gasteiger charge is -2.36. The first kappa shape index (κ1) is 19.3. The molecule has 150 valence electrons. The summed E-state index contributed by atoms with van der Waals surface area (Å²) in [5.41, 5.74) is 1.49. The van der Waals surface area contributed by atoms with Gasteiger partial charge < -0.3 is 9.64 Å². The Kier molecular flexibility index (Phi) is 6.48. The third-order valence-electron chi connectivity index (χ3n) is 6.63. The number of piperazine rings is 1. The zero-order valence-corrected chi connectivity index (χ0v) is 17.1. The van der Waals surface area contributed by atoms with Crippen molar-refractivity contribution in [1.82, 2.24) is 9.88 Å². The van der Waals surface area contributed by atoms with E-state index in [2.05, 4.69) is 51.2 Å². The predicted molar refractivity (Wildman–Crippen MR) is 115 cm³/mol. The predicted octanol–water partition coefficient (Wildman–Crippen LogP) is 4.58. The van der Waals surface area contributed by atoms with Crippen LogP contribution in [0.15, 0.2) is 48.7 Å². The molecule has 1 saturated carbocycles. The largest absolute Gasteiger partial charge is 0.497 e. The summed E-state index contributed by atoms with van der Waals surface area (Å²) in [6.45, 7) is 5.78. The first-order chi connectivity index (χ1) is 13.8. The van der Waals surface area contributed by atoms with Crippen LogP contribution < -0.4 is 9.64 Å². The summed E-state index contributed by atoms with van der Waals surface area (Å²) in [5, 5.41) is 0. The van der Waals surface area contributed by atoms with Crippen molar-refractivity contribution >= 4 is 5.82 Å². The van der Waals surface area contributed by atoms with Crippen LogP contribution in [0.1, 0.15) is 43.6 Å². The Hall–Kier alpha value is -2.07. The van der Waals surface area contributed by atoms with E-state index in [-0.39, 0.29) is 0 Å². The highest BCUT2D eigenvalue weighted by Crippen LogP contribution is 2.37. The molecule has 1 aliphatic heterocycles. The van der Waals surface area contributed by atoms with Crippen LogP contribution in [0.25, 0.3) is 0 Å². The van der Waals surface area contributed by atoms with Crippen LogP contribution in [0.2, 0.25) is 0 Å². The molecule has 1 saturated heterocycles. The number of aromatic nitrogens is 1. The van der Waals surface area contributed by atoms with E-state index >= 15 is 0 Å². The Labute approximate surface area is 169 Å². The fourth-order valence-electron chi connectivity index (χ4n) is 4.77. The van der Waals surface area contributed by atoms with Crippen molar-refractivity contribution in [3.05, 3.63) is 54.2 Å². The van der Waals surface area contributed by atoms with Gasteiger partial charge in [0.1, 0.15) is 11.6 Å². The van der Waals surface area contributed by atoms with Gasteiger partial charge in [0.2, 0.25) is 0 Å². The molecule has 4 nitrogen and oxygen atoms in total. The number of anilines is 1. The molecule has 0 atom stereocenters. The fourth-order valence-corrected chi connectivity index (χ4v) is 4.77. The number of pyridine rings is 1. The van der Waals surface area contributed by atoms with E-state index in [0.717, 1.165) is 49.6 Å². The minimum atomic E-state index is 0.740. The van der Waals surface area contributed by atoms with Gasteiger partial charge in [-0.2, -0.15) is 0 Å². The third-order valence-corrected chi connectivity index (χ3v) is 6.63. The topological polar surface area (TPSA) is 28.6 Å². The zero-order chi connectivity index (χ0) is 19.2. The second kappa shape index (κ2) is 9.42. The van der Waals surface area contributed by atoms with E-state index in [9.17, 15) is 0 Å². The summed E-state index contributed by atoms with van der Waals surface area (Å²) in [6, 6.07) is 14.9. The molecule has 1 aromatic carbocycles. The Bertz CT molecular complexity index is 702. The summed E-state index contributed by atoms with van der Waals surface area (Å²) in [6.07, 6.45) is 8.69. The molecule has 0 N–H and O–H groups in total. The zero-order valence-electron chi connectivity index (χ0n) is 17.1. The Morgan fingerprint density at radius 3 is 2.32 bits per heavy atom. The Balaban J connectivity index is 1.17. The van der Waals surface area contributed by atoms with Crippen molar-refractivity contribution in [2.45, 2.75) is 38.0 Å². The van der Waals surface area contributed by atoms with E-state index in [1.165, 1.54) is 44.2 Å². The fraction of sp³-hybridized carbons (Fsp3) is 0.542. The third kappa shape index (κ3) is 4.85. The average Bonchev–Trinajstić information content (AvgIpc) is 2.79. The molecule has 2 aromatic rings. The monoisotopic (exact) mass is 379 g/mol.